The molecule has 0 fully saturated rings. The van der Waals surface area contributed by atoms with Gasteiger partial charge < -0.3 is 14.7 Å². The Morgan fingerprint density at radius 3 is 2.43 bits per heavy atom. The van der Waals surface area contributed by atoms with Crippen LogP contribution in [-0.4, -0.2) is 32.2 Å². The number of aryl methyl sites for hydroxylation is 1. The smallest absolute Gasteiger partial charge is 0.407 e. The van der Waals surface area contributed by atoms with Crippen LogP contribution in [0.15, 0.2) is 41.2 Å². The van der Waals surface area contributed by atoms with Gasteiger partial charge in [-0.25, -0.2) is 18.0 Å². The average Bonchev–Trinajstić information content (AvgIpc) is 2.77. The van der Waals surface area contributed by atoms with E-state index in [0.717, 1.165) is 23.1 Å². The van der Waals surface area contributed by atoms with E-state index in [-0.39, 0.29) is 37.3 Å². The number of carboxylic acid groups (broad SMARTS) is 1. The summed E-state index contributed by atoms with van der Waals surface area (Å²) in [6.45, 7) is 5.01. The Hall–Kier alpha value is -3.53. The number of amides is 1. The van der Waals surface area contributed by atoms with Gasteiger partial charge in [-0.1, -0.05) is 37.6 Å². The van der Waals surface area contributed by atoms with Crippen molar-refractivity contribution in [3.05, 3.63) is 86.2 Å². The molecule has 35 heavy (non-hydrogen) atoms. The molecule has 0 spiro atoms. The van der Waals surface area contributed by atoms with E-state index in [1.54, 1.807) is 0 Å². The number of aromatic nitrogens is 2. The monoisotopic (exact) mass is 509 g/mol. The van der Waals surface area contributed by atoms with Crippen molar-refractivity contribution in [2.45, 2.75) is 33.9 Å². The van der Waals surface area contributed by atoms with E-state index < -0.39 is 39.8 Å². The first-order chi connectivity index (χ1) is 16.5. The minimum atomic E-state index is -1.15. The number of rotatable bonds is 8. The van der Waals surface area contributed by atoms with Crippen LogP contribution in [-0.2, 0) is 13.2 Å². The number of carbonyl (C=O) groups is 1. The summed E-state index contributed by atoms with van der Waals surface area (Å²) >= 11 is 6.13. The maximum Gasteiger partial charge on any atom is 0.407 e. The quantitative estimate of drug-likeness (QED) is 0.444. The molecule has 0 aliphatic carbocycles. The third kappa shape index (κ3) is 5.94. The van der Waals surface area contributed by atoms with Gasteiger partial charge in [0.2, 0.25) is 5.88 Å². The van der Waals surface area contributed by atoms with E-state index in [4.69, 9.17) is 16.3 Å². The maximum absolute atomic E-state index is 14.2. The number of benzene rings is 2. The standard InChI is InChI=1S/C24H23ClF3N3O4/c1-13(2)10-30(24(33)34)11-16-9-17(26)8-7-15(16)12-35-22-20(25)23(32)31(14(3)29-22)21-18(27)5-4-6-19(21)28/h4-9,13H,10-12H2,1-3H3,(H,33,34). The minimum absolute atomic E-state index is 0.0520. The lowest BCUT2D eigenvalue weighted by atomic mass is 10.1. The van der Waals surface area contributed by atoms with Crippen LogP contribution in [0.5, 0.6) is 5.88 Å². The fraction of sp³-hybridized carbons (Fsp3) is 0.292. The average molecular weight is 510 g/mol. The second-order valence-electron chi connectivity index (χ2n) is 8.25. The summed E-state index contributed by atoms with van der Waals surface area (Å²) in [6, 6.07) is 6.98. The van der Waals surface area contributed by atoms with Crippen molar-refractivity contribution in [3.8, 4) is 11.6 Å². The molecule has 1 aromatic heterocycles. The van der Waals surface area contributed by atoms with Gasteiger partial charge in [0.15, 0.2) is 5.02 Å². The van der Waals surface area contributed by atoms with Gasteiger partial charge in [-0.05, 0) is 48.2 Å². The van der Waals surface area contributed by atoms with Crippen LogP contribution >= 0.6 is 11.6 Å². The molecule has 3 rings (SSSR count). The van der Waals surface area contributed by atoms with Crippen LogP contribution in [0.4, 0.5) is 18.0 Å². The van der Waals surface area contributed by atoms with Crippen molar-refractivity contribution < 1.29 is 27.8 Å². The second-order valence-corrected chi connectivity index (χ2v) is 8.63. The van der Waals surface area contributed by atoms with Crippen molar-refractivity contribution in [2.75, 3.05) is 6.54 Å². The zero-order chi connectivity index (χ0) is 25.9. The van der Waals surface area contributed by atoms with Crippen LogP contribution < -0.4 is 10.3 Å². The molecule has 3 aromatic rings. The predicted octanol–water partition coefficient (Wildman–Crippen LogP) is 5.33. The third-order valence-electron chi connectivity index (χ3n) is 5.08. The van der Waals surface area contributed by atoms with Crippen LogP contribution in [0.1, 0.15) is 30.8 Å². The summed E-state index contributed by atoms with van der Waals surface area (Å²) in [5.41, 5.74) is -0.744. The van der Waals surface area contributed by atoms with Crippen LogP contribution in [0.3, 0.4) is 0 Å². The molecular formula is C24H23ClF3N3O4. The number of hydrogen-bond donors (Lipinski definition) is 1. The number of nitrogens with zero attached hydrogens (tertiary/aromatic N) is 3. The number of hydrogen-bond acceptors (Lipinski definition) is 4. The van der Waals surface area contributed by atoms with Gasteiger partial charge >= 0.3 is 6.09 Å². The first kappa shape index (κ1) is 26.1. The molecule has 0 saturated carbocycles. The molecule has 1 heterocycles. The van der Waals surface area contributed by atoms with Crippen molar-refractivity contribution in [1.82, 2.24) is 14.5 Å². The molecule has 7 nitrogen and oxygen atoms in total. The van der Waals surface area contributed by atoms with Gasteiger partial charge in [-0.15, -0.1) is 0 Å². The van der Waals surface area contributed by atoms with Gasteiger partial charge in [0.05, 0.1) is 0 Å². The molecule has 0 aliphatic rings. The Bertz CT molecular complexity index is 1290. The summed E-state index contributed by atoms with van der Waals surface area (Å²) in [7, 11) is 0. The molecule has 11 heteroatoms. The van der Waals surface area contributed by atoms with E-state index in [1.165, 1.54) is 25.1 Å². The lowest BCUT2D eigenvalue weighted by Crippen LogP contribution is -2.32. The Morgan fingerprint density at radius 2 is 1.83 bits per heavy atom. The highest BCUT2D eigenvalue weighted by Crippen LogP contribution is 2.24. The highest BCUT2D eigenvalue weighted by atomic mass is 35.5. The Balaban J connectivity index is 1.92. The van der Waals surface area contributed by atoms with Gasteiger partial charge in [0.25, 0.3) is 5.56 Å². The zero-order valence-electron chi connectivity index (χ0n) is 19.2. The molecule has 1 amide bonds. The summed E-state index contributed by atoms with van der Waals surface area (Å²) < 4.78 is 48.7. The molecule has 0 atom stereocenters. The van der Waals surface area contributed by atoms with E-state index >= 15 is 0 Å². The Labute approximate surface area is 204 Å². The normalized spacial score (nSPS) is 11.1. The topological polar surface area (TPSA) is 84.7 Å². The Kier molecular flexibility index (Phi) is 8.06. The predicted molar refractivity (Wildman–Crippen MR) is 124 cm³/mol. The van der Waals surface area contributed by atoms with E-state index in [2.05, 4.69) is 4.98 Å². The fourth-order valence-corrected chi connectivity index (χ4v) is 3.71. The lowest BCUT2D eigenvalue weighted by Gasteiger charge is -2.23. The molecule has 1 N–H and O–H groups in total. The van der Waals surface area contributed by atoms with Crippen LogP contribution in [0.2, 0.25) is 5.02 Å². The molecule has 0 unspecified atom stereocenters. The molecular weight excluding hydrogens is 487 g/mol. The summed E-state index contributed by atoms with van der Waals surface area (Å²) in [5.74, 6) is -2.80. The third-order valence-corrected chi connectivity index (χ3v) is 5.40. The Morgan fingerprint density at radius 1 is 1.17 bits per heavy atom. The van der Waals surface area contributed by atoms with Crippen LogP contribution in [0.25, 0.3) is 5.69 Å². The maximum atomic E-state index is 14.2. The van der Waals surface area contributed by atoms with E-state index in [9.17, 15) is 27.9 Å². The fourth-order valence-electron chi connectivity index (χ4n) is 3.53. The highest BCUT2D eigenvalue weighted by Gasteiger charge is 2.21. The number of ether oxygens (including phenoxy) is 1. The first-order valence-electron chi connectivity index (χ1n) is 10.6. The number of para-hydroxylation sites is 1. The van der Waals surface area contributed by atoms with Gasteiger partial charge in [-0.2, -0.15) is 4.98 Å². The highest BCUT2D eigenvalue weighted by molar-refractivity contribution is 6.31. The van der Waals surface area contributed by atoms with E-state index in [0.29, 0.717) is 15.7 Å². The van der Waals surface area contributed by atoms with Crippen molar-refractivity contribution in [2.24, 2.45) is 5.92 Å². The molecule has 0 bridgehead atoms. The second kappa shape index (κ2) is 10.8. The summed E-state index contributed by atoms with van der Waals surface area (Å²) in [5, 5.41) is 8.99. The lowest BCUT2D eigenvalue weighted by molar-refractivity contribution is 0.135. The molecule has 2 aromatic carbocycles. The first-order valence-corrected chi connectivity index (χ1v) is 11.0. The zero-order valence-corrected chi connectivity index (χ0v) is 19.9. The van der Waals surface area contributed by atoms with E-state index in [1.807, 2.05) is 13.8 Å². The van der Waals surface area contributed by atoms with Crippen molar-refractivity contribution in [3.63, 3.8) is 0 Å². The van der Waals surface area contributed by atoms with Gasteiger partial charge in [-0.3, -0.25) is 9.36 Å². The van der Waals surface area contributed by atoms with Gasteiger partial charge in [0, 0.05) is 13.1 Å². The summed E-state index contributed by atoms with van der Waals surface area (Å²) in [4.78, 5) is 29.7. The van der Waals surface area contributed by atoms with Crippen molar-refractivity contribution >= 4 is 17.7 Å². The van der Waals surface area contributed by atoms with Crippen molar-refractivity contribution in [1.29, 1.82) is 0 Å². The molecule has 186 valence electrons. The molecule has 0 saturated heterocycles. The molecule has 0 radical (unpaired) electrons. The SMILES string of the molecule is Cc1nc(OCc2ccc(F)cc2CN(CC(C)C)C(=O)O)c(Cl)c(=O)n1-c1c(F)cccc1F. The molecule has 0 aliphatic heterocycles. The minimum Gasteiger partial charge on any atom is -0.472 e. The van der Waals surface area contributed by atoms with Crippen LogP contribution in [0, 0.1) is 30.3 Å². The largest absolute Gasteiger partial charge is 0.472 e. The number of halogens is 4. The van der Waals surface area contributed by atoms with Gasteiger partial charge in [0.1, 0.15) is 35.6 Å². The summed E-state index contributed by atoms with van der Waals surface area (Å²) in [6.07, 6.45) is -1.15.